The van der Waals surface area contributed by atoms with Crippen molar-refractivity contribution in [2.45, 2.75) is 27.2 Å². The van der Waals surface area contributed by atoms with Crippen LogP contribution in [0.2, 0.25) is 0 Å². The molecule has 94 valence electrons. The lowest BCUT2D eigenvalue weighted by Gasteiger charge is -2.14. The standard InChI is InChI=1S/C13H19NO3/c1-5-6-17-13(15)11-8(2)7-10(16-4)9(3)12(11)14/h7H,5-6,14H2,1-4H3. The van der Waals surface area contributed by atoms with E-state index in [-0.39, 0.29) is 5.97 Å². The zero-order valence-electron chi connectivity index (χ0n) is 10.8. The third kappa shape index (κ3) is 2.70. The molecule has 0 saturated heterocycles. The molecule has 0 atom stereocenters. The van der Waals surface area contributed by atoms with Crippen LogP contribution in [0.1, 0.15) is 34.8 Å². The van der Waals surface area contributed by atoms with Crippen LogP contribution >= 0.6 is 0 Å². The fraction of sp³-hybridized carbons (Fsp3) is 0.462. The summed E-state index contributed by atoms with van der Waals surface area (Å²) in [6.07, 6.45) is 0.791. The third-order valence-electron chi connectivity index (χ3n) is 2.65. The molecule has 0 spiro atoms. The summed E-state index contributed by atoms with van der Waals surface area (Å²) in [6.45, 7) is 6.00. The second-order valence-corrected chi connectivity index (χ2v) is 3.95. The van der Waals surface area contributed by atoms with E-state index in [9.17, 15) is 4.79 Å². The predicted octanol–water partition coefficient (Wildman–Crippen LogP) is 2.46. The number of nitrogen functional groups attached to an aromatic ring is 1. The molecule has 0 aromatic heterocycles. The van der Waals surface area contributed by atoms with Crippen molar-refractivity contribution in [3.8, 4) is 5.75 Å². The van der Waals surface area contributed by atoms with Gasteiger partial charge in [-0.3, -0.25) is 0 Å². The Hall–Kier alpha value is -1.71. The molecule has 0 aliphatic heterocycles. The molecule has 1 aromatic carbocycles. The first-order chi connectivity index (χ1) is 8.02. The summed E-state index contributed by atoms with van der Waals surface area (Å²) >= 11 is 0. The van der Waals surface area contributed by atoms with E-state index in [0.717, 1.165) is 17.5 Å². The number of esters is 1. The van der Waals surface area contributed by atoms with Gasteiger partial charge in [0.15, 0.2) is 0 Å². The minimum atomic E-state index is -0.368. The Morgan fingerprint density at radius 3 is 2.59 bits per heavy atom. The van der Waals surface area contributed by atoms with Gasteiger partial charge in [-0.15, -0.1) is 0 Å². The number of carbonyl (C=O) groups excluding carboxylic acids is 1. The third-order valence-corrected chi connectivity index (χ3v) is 2.65. The number of nitrogens with two attached hydrogens (primary N) is 1. The normalized spacial score (nSPS) is 10.1. The molecule has 17 heavy (non-hydrogen) atoms. The Balaban J connectivity index is 3.16. The Labute approximate surface area is 102 Å². The van der Waals surface area contributed by atoms with Gasteiger partial charge in [-0.25, -0.2) is 4.79 Å². The van der Waals surface area contributed by atoms with E-state index in [0.29, 0.717) is 23.6 Å². The van der Waals surface area contributed by atoms with Crippen molar-refractivity contribution < 1.29 is 14.3 Å². The monoisotopic (exact) mass is 237 g/mol. The van der Waals surface area contributed by atoms with Gasteiger partial charge in [0, 0.05) is 5.56 Å². The van der Waals surface area contributed by atoms with Crippen LogP contribution in [0.3, 0.4) is 0 Å². The molecular formula is C13H19NO3. The molecule has 0 fully saturated rings. The van der Waals surface area contributed by atoms with Crippen molar-refractivity contribution in [2.24, 2.45) is 0 Å². The summed E-state index contributed by atoms with van der Waals surface area (Å²) in [7, 11) is 1.58. The van der Waals surface area contributed by atoms with Gasteiger partial charge in [0.05, 0.1) is 25.0 Å². The van der Waals surface area contributed by atoms with E-state index in [4.69, 9.17) is 15.2 Å². The van der Waals surface area contributed by atoms with Gasteiger partial charge < -0.3 is 15.2 Å². The summed E-state index contributed by atoms with van der Waals surface area (Å²) < 4.78 is 10.3. The maximum Gasteiger partial charge on any atom is 0.340 e. The highest BCUT2D eigenvalue weighted by molar-refractivity contribution is 5.98. The van der Waals surface area contributed by atoms with Crippen LogP contribution in [0.15, 0.2) is 6.07 Å². The minimum absolute atomic E-state index is 0.368. The Bertz CT molecular complexity index is 427. The molecule has 0 radical (unpaired) electrons. The number of hydrogen-bond donors (Lipinski definition) is 1. The Morgan fingerprint density at radius 1 is 1.41 bits per heavy atom. The molecular weight excluding hydrogens is 218 g/mol. The molecule has 0 bridgehead atoms. The topological polar surface area (TPSA) is 61.5 Å². The smallest absolute Gasteiger partial charge is 0.340 e. The maximum absolute atomic E-state index is 11.9. The summed E-state index contributed by atoms with van der Waals surface area (Å²) in [5.41, 5.74) is 8.36. The zero-order valence-corrected chi connectivity index (χ0v) is 10.8. The number of methoxy groups -OCH3 is 1. The number of carbonyl (C=O) groups is 1. The molecule has 0 aliphatic rings. The fourth-order valence-electron chi connectivity index (χ4n) is 1.66. The van der Waals surface area contributed by atoms with E-state index < -0.39 is 0 Å². The van der Waals surface area contributed by atoms with E-state index in [1.165, 1.54) is 0 Å². The van der Waals surface area contributed by atoms with Gasteiger partial charge in [-0.2, -0.15) is 0 Å². The molecule has 0 saturated carbocycles. The summed E-state index contributed by atoms with van der Waals surface area (Å²) in [5.74, 6) is 0.319. The Kier molecular flexibility index (Phi) is 4.37. The highest BCUT2D eigenvalue weighted by atomic mass is 16.5. The molecule has 4 heteroatoms. The van der Waals surface area contributed by atoms with Gasteiger partial charge in [0.1, 0.15) is 5.75 Å². The summed E-state index contributed by atoms with van der Waals surface area (Å²) in [4.78, 5) is 11.9. The minimum Gasteiger partial charge on any atom is -0.496 e. The SMILES string of the molecule is CCCOC(=O)c1c(C)cc(OC)c(C)c1N. The number of ether oxygens (including phenoxy) is 2. The van der Waals surface area contributed by atoms with Crippen molar-refractivity contribution in [2.75, 3.05) is 19.5 Å². The van der Waals surface area contributed by atoms with Crippen LogP contribution in [-0.4, -0.2) is 19.7 Å². The van der Waals surface area contributed by atoms with Crippen molar-refractivity contribution >= 4 is 11.7 Å². The molecule has 2 N–H and O–H groups in total. The largest absolute Gasteiger partial charge is 0.496 e. The van der Waals surface area contributed by atoms with E-state index in [1.54, 1.807) is 13.2 Å². The highest BCUT2D eigenvalue weighted by Gasteiger charge is 2.18. The summed E-state index contributed by atoms with van der Waals surface area (Å²) in [5, 5.41) is 0. The van der Waals surface area contributed by atoms with Crippen LogP contribution in [0.25, 0.3) is 0 Å². The average molecular weight is 237 g/mol. The maximum atomic E-state index is 11.9. The predicted molar refractivity (Wildman–Crippen MR) is 67.5 cm³/mol. The first-order valence-corrected chi connectivity index (χ1v) is 5.63. The lowest BCUT2D eigenvalue weighted by atomic mass is 10.0. The van der Waals surface area contributed by atoms with Crippen LogP contribution in [0.4, 0.5) is 5.69 Å². The van der Waals surface area contributed by atoms with Gasteiger partial charge in [0.2, 0.25) is 0 Å². The van der Waals surface area contributed by atoms with E-state index >= 15 is 0 Å². The fourth-order valence-corrected chi connectivity index (χ4v) is 1.66. The Morgan fingerprint density at radius 2 is 2.06 bits per heavy atom. The van der Waals surface area contributed by atoms with Gasteiger partial charge in [-0.1, -0.05) is 6.92 Å². The number of anilines is 1. The van der Waals surface area contributed by atoms with Crippen LogP contribution in [0, 0.1) is 13.8 Å². The number of rotatable bonds is 4. The van der Waals surface area contributed by atoms with Crippen molar-refractivity contribution in [1.29, 1.82) is 0 Å². The molecule has 0 unspecified atom stereocenters. The second-order valence-electron chi connectivity index (χ2n) is 3.95. The van der Waals surface area contributed by atoms with Crippen LogP contribution in [-0.2, 0) is 4.74 Å². The number of aryl methyl sites for hydroxylation is 1. The zero-order chi connectivity index (χ0) is 13.0. The molecule has 0 amide bonds. The first-order valence-electron chi connectivity index (χ1n) is 5.63. The van der Waals surface area contributed by atoms with Crippen molar-refractivity contribution in [3.63, 3.8) is 0 Å². The lowest BCUT2D eigenvalue weighted by Crippen LogP contribution is -2.12. The molecule has 0 aliphatic carbocycles. The van der Waals surface area contributed by atoms with Crippen LogP contribution < -0.4 is 10.5 Å². The molecule has 0 heterocycles. The molecule has 1 rings (SSSR count). The summed E-state index contributed by atoms with van der Waals surface area (Å²) in [6, 6.07) is 1.80. The van der Waals surface area contributed by atoms with Gasteiger partial charge in [-0.05, 0) is 31.9 Å². The van der Waals surface area contributed by atoms with Crippen LogP contribution in [0.5, 0.6) is 5.75 Å². The molecule has 4 nitrogen and oxygen atoms in total. The van der Waals surface area contributed by atoms with Gasteiger partial charge in [0.25, 0.3) is 0 Å². The number of hydrogen-bond acceptors (Lipinski definition) is 4. The quantitative estimate of drug-likeness (QED) is 0.645. The van der Waals surface area contributed by atoms with Crippen molar-refractivity contribution in [1.82, 2.24) is 0 Å². The van der Waals surface area contributed by atoms with Gasteiger partial charge >= 0.3 is 5.97 Å². The average Bonchev–Trinajstić information content (AvgIpc) is 2.31. The lowest BCUT2D eigenvalue weighted by molar-refractivity contribution is 0.0505. The van der Waals surface area contributed by atoms with E-state index in [2.05, 4.69) is 0 Å². The number of benzene rings is 1. The highest BCUT2D eigenvalue weighted by Crippen LogP contribution is 2.30. The molecule has 1 aromatic rings. The van der Waals surface area contributed by atoms with E-state index in [1.807, 2.05) is 20.8 Å². The van der Waals surface area contributed by atoms with Crippen molar-refractivity contribution in [3.05, 3.63) is 22.8 Å². The second kappa shape index (κ2) is 5.57. The first kappa shape index (κ1) is 13.4.